The van der Waals surface area contributed by atoms with Gasteiger partial charge in [0.25, 0.3) is 0 Å². The molecular formula is C22H25F3N4O. The van der Waals surface area contributed by atoms with Gasteiger partial charge in [0.1, 0.15) is 0 Å². The molecule has 2 aliphatic heterocycles. The third-order valence-electron chi connectivity index (χ3n) is 5.79. The Bertz CT molecular complexity index is 888. The van der Waals surface area contributed by atoms with E-state index in [1.165, 1.54) is 5.56 Å². The molecule has 8 heteroatoms. The molecule has 1 N–H and O–H groups in total. The number of pyridine rings is 1. The number of benzene rings is 1. The first-order valence-corrected chi connectivity index (χ1v) is 10.3. The van der Waals surface area contributed by atoms with Crippen LogP contribution in [0.1, 0.15) is 28.8 Å². The fraction of sp³-hybridized carbons (Fsp3) is 0.455. The standard InChI is InChI=1S/C22H25F3N4O/c23-22(24,25)18-12-17-14-28(11-8-20(17)27-13-18)21(30)29-10-7-19(15-29)26-9-6-16-4-2-1-3-5-16/h1-5,12-13,19,26H,6-11,14-15H2. The average molecular weight is 418 g/mol. The summed E-state index contributed by atoms with van der Waals surface area (Å²) in [4.78, 5) is 20.3. The van der Waals surface area contributed by atoms with E-state index in [0.29, 0.717) is 37.3 Å². The average Bonchev–Trinajstić information content (AvgIpc) is 3.21. The molecule has 1 saturated heterocycles. The zero-order valence-electron chi connectivity index (χ0n) is 16.7. The van der Waals surface area contributed by atoms with E-state index in [4.69, 9.17) is 0 Å². The van der Waals surface area contributed by atoms with Crippen molar-refractivity contribution < 1.29 is 18.0 Å². The van der Waals surface area contributed by atoms with Gasteiger partial charge in [-0.2, -0.15) is 13.2 Å². The first kappa shape index (κ1) is 20.7. The number of fused-ring (bicyclic) bond motifs is 1. The normalized spacial score (nSPS) is 19.1. The zero-order valence-corrected chi connectivity index (χ0v) is 16.7. The second-order valence-corrected chi connectivity index (χ2v) is 7.90. The second kappa shape index (κ2) is 8.63. The van der Waals surface area contributed by atoms with Crippen LogP contribution in [0.15, 0.2) is 42.6 Å². The highest BCUT2D eigenvalue weighted by Crippen LogP contribution is 2.31. The van der Waals surface area contributed by atoms with Gasteiger partial charge in [-0.25, -0.2) is 4.79 Å². The topological polar surface area (TPSA) is 48.5 Å². The van der Waals surface area contributed by atoms with E-state index >= 15 is 0 Å². The molecule has 0 radical (unpaired) electrons. The van der Waals surface area contributed by atoms with Gasteiger partial charge in [0.05, 0.1) is 5.56 Å². The highest BCUT2D eigenvalue weighted by atomic mass is 19.4. The Morgan fingerprint density at radius 2 is 1.97 bits per heavy atom. The SMILES string of the molecule is O=C(N1CCc2ncc(C(F)(F)F)cc2C1)N1CCC(NCCc2ccccc2)C1. The Hall–Kier alpha value is -2.61. The Morgan fingerprint density at radius 1 is 1.17 bits per heavy atom. The number of halogens is 3. The predicted molar refractivity (Wildman–Crippen MR) is 107 cm³/mol. The fourth-order valence-electron chi connectivity index (χ4n) is 4.11. The summed E-state index contributed by atoms with van der Waals surface area (Å²) in [5.74, 6) is 0. The number of hydrogen-bond acceptors (Lipinski definition) is 3. The minimum Gasteiger partial charge on any atom is -0.323 e. The first-order chi connectivity index (χ1) is 14.4. The van der Waals surface area contributed by atoms with Gasteiger partial charge in [0.2, 0.25) is 0 Å². The zero-order chi connectivity index (χ0) is 21.1. The van der Waals surface area contributed by atoms with E-state index in [2.05, 4.69) is 22.4 Å². The van der Waals surface area contributed by atoms with Gasteiger partial charge >= 0.3 is 12.2 Å². The summed E-state index contributed by atoms with van der Waals surface area (Å²) >= 11 is 0. The van der Waals surface area contributed by atoms with Gasteiger partial charge in [0.15, 0.2) is 0 Å². The van der Waals surface area contributed by atoms with E-state index in [-0.39, 0.29) is 18.6 Å². The number of carbonyl (C=O) groups is 1. The van der Waals surface area contributed by atoms with Crippen LogP contribution in [0.5, 0.6) is 0 Å². The number of hydrogen-bond donors (Lipinski definition) is 1. The summed E-state index contributed by atoms with van der Waals surface area (Å²) in [6.45, 7) is 2.78. The molecule has 1 atom stereocenters. The van der Waals surface area contributed by atoms with Crippen molar-refractivity contribution in [3.63, 3.8) is 0 Å². The molecule has 1 fully saturated rings. The number of likely N-dealkylation sites (tertiary alicyclic amines) is 1. The highest BCUT2D eigenvalue weighted by Gasteiger charge is 2.34. The number of alkyl halides is 3. The first-order valence-electron chi connectivity index (χ1n) is 10.3. The lowest BCUT2D eigenvalue weighted by atomic mass is 10.0. The van der Waals surface area contributed by atoms with E-state index in [1.807, 2.05) is 18.2 Å². The van der Waals surface area contributed by atoms with Gasteiger partial charge in [-0.1, -0.05) is 30.3 Å². The predicted octanol–water partition coefficient (Wildman–Crippen LogP) is 3.49. The molecule has 30 heavy (non-hydrogen) atoms. The molecule has 4 rings (SSSR count). The molecular weight excluding hydrogens is 393 g/mol. The monoisotopic (exact) mass is 418 g/mol. The number of carbonyl (C=O) groups excluding carboxylic acids is 1. The van der Waals surface area contributed by atoms with Crippen LogP contribution in [-0.2, 0) is 25.6 Å². The maximum atomic E-state index is 13.0. The highest BCUT2D eigenvalue weighted by molar-refractivity contribution is 5.75. The number of aromatic nitrogens is 1. The maximum absolute atomic E-state index is 13.0. The molecule has 0 aliphatic carbocycles. The number of amides is 2. The smallest absolute Gasteiger partial charge is 0.323 e. The lowest BCUT2D eigenvalue weighted by Crippen LogP contribution is -2.45. The second-order valence-electron chi connectivity index (χ2n) is 7.90. The summed E-state index contributed by atoms with van der Waals surface area (Å²) in [7, 11) is 0. The van der Waals surface area contributed by atoms with Crippen LogP contribution in [-0.4, -0.2) is 53.0 Å². The van der Waals surface area contributed by atoms with Gasteiger partial charge < -0.3 is 15.1 Å². The third kappa shape index (κ3) is 4.75. The van der Waals surface area contributed by atoms with E-state index in [1.54, 1.807) is 9.80 Å². The molecule has 160 valence electrons. The van der Waals surface area contributed by atoms with Crippen LogP contribution in [0.25, 0.3) is 0 Å². The van der Waals surface area contributed by atoms with E-state index in [9.17, 15) is 18.0 Å². The molecule has 0 bridgehead atoms. The van der Waals surface area contributed by atoms with Crippen LogP contribution < -0.4 is 5.32 Å². The molecule has 2 aromatic rings. The van der Waals surface area contributed by atoms with E-state index < -0.39 is 11.7 Å². The molecule has 1 aromatic carbocycles. The van der Waals surface area contributed by atoms with Crippen molar-refractivity contribution in [1.82, 2.24) is 20.1 Å². The van der Waals surface area contributed by atoms with E-state index in [0.717, 1.165) is 31.6 Å². The number of rotatable bonds is 4. The third-order valence-corrected chi connectivity index (χ3v) is 5.79. The summed E-state index contributed by atoms with van der Waals surface area (Å²) in [6, 6.07) is 11.5. The van der Waals surface area contributed by atoms with Crippen LogP contribution >= 0.6 is 0 Å². The molecule has 3 heterocycles. The number of nitrogens with one attached hydrogen (secondary N) is 1. The van der Waals surface area contributed by atoms with Gasteiger partial charge in [-0.3, -0.25) is 4.98 Å². The summed E-state index contributed by atoms with van der Waals surface area (Å²) in [5, 5.41) is 3.51. The fourth-order valence-corrected chi connectivity index (χ4v) is 4.11. The largest absolute Gasteiger partial charge is 0.417 e. The molecule has 0 spiro atoms. The summed E-state index contributed by atoms with van der Waals surface area (Å²) in [6.07, 6.45) is -1.26. The van der Waals surface area contributed by atoms with Crippen molar-refractivity contribution in [3.05, 3.63) is 65.0 Å². The van der Waals surface area contributed by atoms with Crippen LogP contribution in [0.4, 0.5) is 18.0 Å². The van der Waals surface area contributed by atoms with Crippen molar-refractivity contribution in [3.8, 4) is 0 Å². The van der Waals surface area contributed by atoms with Crippen molar-refractivity contribution in [2.24, 2.45) is 0 Å². The number of urea groups is 1. The van der Waals surface area contributed by atoms with Crippen molar-refractivity contribution in [2.45, 2.75) is 38.0 Å². The lowest BCUT2D eigenvalue weighted by molar-refractivity contribution is -0.137. The molecule has 0 saturated carbocycles. The van der Waals surface area contributed by atoms with Gasteiger partial charge in [-0.05, 0) is 36.6 Å². The minimum atomic E-state index is -4.43. The van der Waals surface area contributed by atoms with Crippen molar-refractivity contribution in [1.29, 1.82) is 0 Å². The molecule has 2 amide bonds. The lowest BCUT2D eigenvalue weighted by Gasteiger charge is -2.32. The quantitative estimate of drug-likeness (QED) is 0.827. The van der Waals surface area contributed by atoms with Gasteiger partial charge in [0, 0.05) is 50.5 Å². The van der Waals surface area contributed by atoms with Crippen LogP contribution in [0.3, 0.4) is 0 Å². The van der Waals surface area contributed by atoms with Crippen LogP contribution in [0, 0.1) is 0 Å². The number of nitrogens with zero attached hydrogens (tertiary/aromatic N) is 3. The summed E-state index contributed by atoms with van der Waals surface area (Å²) in [5.41, 5.74) is 1.64. The molecule has 1 aromatic heterocycles. The molecule has 5 nitrogen and oxygen atoms in total. The van der Waals surface area contributed by atoms with Crippen molar-refractivity contribution in [2.75, 3.05) is 26.2 Å². The molecule has 2 aliphatic rings. The molecule has 1 unspecified atom stereocenters. The Kier molecular flexibility index (Phi) is 5.94. The maximum Gasteiger partial charge on any atom is 0.417 e. The van der Waals surface area contributed by atoms with Crippen molar-refractivity contribution >= 4 is 6.03 Å². The summed E-state index contributed by atoms with van der Waals surface area (Å²) < 4.78 is 38.9. The van der Waals surface area contributed by atoms with Crippen LogP contribution in [0.2, 0.25) is 0 Å². The Labute approximate surface area is 173 Å². The minimum absolute atomic E-state index is 0.106. The van der Waals surface area contributed by atoms with Gasteiger partial charge in [-0.15, -0.1) is 0 Å². The Balaban J connectivity index is 1.30. The Morgan fingerprint density at radius 3 is 2.73 bits per heavy atom.